The number of nitrogens with zero attached hydrogens (tertiary/aromatic N) is 1. The fourth-order valence-corrected chi connectivity index (χ4v) is 0.983. The van der Waals surface area contributed by atoms with Crippen molar-refractivity contribution in [1.82, 2.24) is 0 Å². The van der Waals surface area contributed by atoms with E-state index in [1.165, 1.54) is 12.2 Å². The van der Waals surface area contributed by atoms with Crippen LogP contribution in [-0.4, -0.2) is 4.92 Å². The maximum atomic E-state index is 10.4. The molecule has 66 valence electrons. The van der Waals surface area contributed by atoms with E-state index in [0.717, 1.165) is 0 Å². The second-order valence-electron chi connectivity index (χ2n) is 1.80. The van der Waals surface area contributed by atoms with Crippen LogP contribution >= 0.6 is 27.5 Å². The average molecular weight is 252 g/mol. The van der Waals surface area contributed by atoms with E-state index in [9.17, 15) is 10.1 Å². The van der Waals surface area contributed by atoms with Crippen LogP contribution in [0.3, 0.4) is 0 Å². The Morgan fingerprint density at radius 1 is 1.75 bits per heavy atom. The van der Waals surface area contributed by atoms with Gasteiger partial charge in [0.25, 0.3) is 5.70 Å². The first-order valence-electron chi connectivity index (χ1n) is 3.03. The van der Waals surface area contributed by atoms with Crippen LogP contribution in [0.15, 0.2) is 33.9 Å². The molecule has 0 bridgehead atoms. The first-order valence-corrected chi connectivity index (χ1v) is 4.20. The molecule has 0 aliphatic carbocycles. The van der Waals surface area contributed by atoms with Crippen molar-refractivity contribution in [2.24, 2.45) is 0 Å². The van der Waals surface area contributed by atoms with Crippen LogP contribution in [0, 0.1) is 10.1 Å². The summed E-state index contributed by atoms with van der Waals surface area (Å²) in [6, 6.07) is 0. The fraction of sp³-hybridized carbons (Fsp3) is 0.143. The molecule has 0 aromatic carbocycles. The number of hydrogen-bond donors (Lipinski definition) is 0. The summed E-state index contributed by atoms with van der Waals surface area (Å²) in [5.74, 6) is 0. The minimum absolute atomic E-state index is 0.0532. The lowest BCUT2D eigenvalue weighted by Gasteiger charge is -1.96. The molecular formula is C7H7BrClNO2. The van der Waals surface area contributed by atoms with Gasteiger partial charge in [-0.15, -0.1) is 0 Å². The predicted molar refractivity (Wildman–Crippen MR) is 52.8 cm³/mol. The average Bonchev–Trinajstić information content (AvgIpc) is 2.03. The van der Waals surface area contributed by atoms with Gasteiger partial charge in [-0.2, -0.15) is 0 Å². The molecule has 12 heavy (non-hydrogen) atoms. The molecule has 0 heterocycles. The van der Waals surface area contributed by atoms with Gasteiger partial charge in [0.2, 0.25) is 0 Å². The van der Waals surface area contributed by atoms with E-state index in [0.29, 0.717) is 4.48 Å². The Labute approximate surface area is 83.7 Å². The Balaban J connectivity index is 5.03. The van der Waals surface area contributed by atoms with E-state index in [4.69, 9.17) is 11.6 Å². The Kier molecular flexibility index (Phi) is 4.85. The van der Waals surface area contributed by atoms with Gasteiger partial charge >= 0.3 is 0 Å². The molecule has 0 N–H and O–H groups in total. The molecule has 0 radical (unpaired) electrons. The van der Waals surface area contributed by atoms with Crippen molar-refractivity contribution in [3.63, 3.8) is 0 Å². The zero-order valence-corrected chi connectivity index (χ0v) is 8.72. The summed E-state index contributed by atoms with van der Waals surface area (Å²) in [5, 5.41) is 10.4. The van der Waals surface area contributed by atoms with Crippen LogP contribution in [0.4, 0.5) is 0 Å². The summed E-state index contributed by atoms with van der Waals surface area (Å²) < 4.78 is 0.411. The van der Waals surface area contributed by atoms with Crippen molar-refractivity contribution < 1.29 is 4.92 Å². The van der Waals surface area contributed by atoms with E-state index in [1.807, 2.05) is 0 Å². The normalized spacial score (nSPS) is 13.8. The highest BCUT2D eigenvalue weighted by molar-refractivity contribution is 9.12. The third-order valence-corrected chi connectivity index (χ3v) is 2.43. The van der Waals surface area contributed by atoms with Gasteiger partial charge in [-0.25, -0.2) is 0 Å². The molecule has 0 aromatic heterocycles. The molecule has 0 aliphatic rings. The van der Waals surface area contributed by atoms with Gasteiger partial charge in [0.1, 0.15) is 5.03 Å². The summed E-state index contributed by atoms with van der Waals surface area (Å²) in [6.07, 6.45) is 2.72. The lowest BCUT2D eigenvalue weighted by molar-refractivity contribution is -0.420. The number of halogens is 2. The summed E-state index contributed by atoms with van der Waals surface area (Å²) >= 11 is 8.68. The first kappa shape index (κ1) is 11.4. The van der Waals surface area contributed by atoms with Crippen molar-refractivity contribution in [3.8, 4) is 0 Å². The highest BCUT2D eigenvalue weighted by atomic mass is 79.9. The van der Waals surface area contributed by atoms with Gasteiger partial charge in [0, 0.05) is 4.48 Å². The molecule has 0 rings (SSSR count). The van der Waals surface area contributed by atoms with Crippen molar-refractivity contribution in [3.05, 3.63) is 44.1 Å². The van der Waals surface area contributed by atoms with Crippen LogP contribution in [0.2, 0.25) is 0 Å². The van der Waals surface area contributed by atoms with Crippen LogP contribution in [0.5, 0.6) is 0 Å². The molecule has 0 saturated carbocycles. The third kappa shape index (κ3) is 2.79. The zero-order chi connectivity index (χ0) is 9.72. The van der Waals surface area contributed by atoms with Crippen molar-refractivity contribution in [2.45, 2.75) is 6.92 Å². The molecule has 0 fully saturated rings. The van der Waals surface area contributed by atoms with Crippen molar-refractivity contribution in [2.75, 3.05) is 0 Å². The Morgan fingerprint density at radius 3 is 2.50 bits per heavy atom. The van der Waals surface area contributed by atoms with Gasteiger partial charge in [0.05, 0.1) is 4.92 Å². The maximum Gasteiger partial charge on any atom is 0.284 e. The molecule has 5 heteroatoms. The summed E-state index contributed by atoms with van der Waals surface area (Å²) in [6.45, 7) is 4.96. The van der Waals surface area contributed by atoms with Gasteiger partial charge in [0.15, 0.2) is 0 Å². The van der Waals surface area contributed by atoms with Crippen LogP contribution < -0.4 is 0 Å². The predicted octanol–water partition coefficient (Wildman–Crippen LogP) is 3.20. The second kappa shape index (κ2) is 5.11. The molecule has 0 spiro atoms. The van der Waals surface area contributed by atoms with Gasteiger partial charge in [-0.1, -0.05) is 24.3 Å². The Morgan fingerprint density at radius 2 is 2.25 bits per heavy atom. The standard InChI is InChI=1S/C7H7BrClNO2/c1-3-5(8)7(9)6(4-2)10(11)12/h3-4H,1H2,2H3/b6-4+,7-5-. The minimum Gasteiger partial charge on any atom is -0.258 e. The van der Waals surface area contributed by atoms with Crippen LogP contribution in [-0.2, 0) is 0 Å². The van der Waals surface area contributed by atoms with Gasteiger partial charge in [-0.05, 0) is 28.9 Å². The molecule has 0 amide bonds. The van der Waals surface area contributed by atoms with Gasteiger partial charge in [-0.3, -0.25) is 10.1 Å². The Bertz CT molecular complexity index is 271. The fourth-order valence-electron chi connectivity index (χ4n) is 0.524. The van der Waals surface area contributed by atoms with E-state index in [-0.39, 0.29) is 10.7 Å². The Hall–Kier alpha value is -0.610. The summed E-state index contributed by atoms with van der Waals surface area (Å²) in [7, 11) is 0. The largest absolute Gasteiger partial charge is 0.284 e. The smallest absolute Gasteiger partial charge is 0.258 e. The van der Waals surface area contributed by atoms with Crippen molar-refractivity contribution in [1.29, 1.82) is 0 Å². The summed E-state index contributed by atoms with van der Waals surface area (Å²) in [5.41, 5.74) is -0.136. The molecule has 0 aliphatic heterocycles. The topological polar surface area (TPSA) is 43.1 Å². The highest BCUT2D eigenvalue weighted by Gasteiger charge is 2.15. The maximum absolute atomic E-state index is 10.4. The quantitative estimate of drug-likeness (QED) is 0.440. The number of allylic oxidation sites excluding steroid dienone is 4. The SMILES string of the molecule is C=C/C(Br)=C(Cl)\C(=C/C)[N+](=O)[O-]. The second-order valence-corrected chi connectivity index (χ2v) is 3.03. The summed E-state index contributed by atoms with van der Waals surface area (Å²) in [4.78, 5) is 9.81. The van der Waals surface area contributed by atoms with Crippen molar-refractivity contribution >= 4 is 27.5 Å². The molecule has 0 aromatic rings. The molecular weight excluding hydrogens is 245 g/mol. The van der Waals surface area contributed by atoms with E-state index < -0.39 is 4.92 Å². The number of hydrogen-bond acceptors (Lipinski definition) is 2. The first-order chi connectivity index (χ1) is 5.54. The monoisotopic (exact) mass is 251 g/mol. The lowest BCUT2D eigenvalue weighted by atomic mass is 10.3. The van der Waals surface area contributed by atoms with Crippen LogP contribution in [0.25, 0.3) is 0 Å². The van der Waals surface area contributed by atoms with Crippen LogP contribution in [0.1, 0.15) is 6.92 Å². The molecule has 0 saturated heterocycles. The molecule has 0 unspecified atom stereocenters. The molecule has 0 atom stereocenters. The van der Waals surface area contributed by atoms with E-state index in [2.05, 4.69) is 22.5 Å². The lowest BCUT2D eigenvalue weighted by Crippen LogP contribution is -1.98. The highest BCUT2D eigenvalue weighted by Crippen LogP contribution is 2.24. The van der Waals surface area contributed by atoms with E-state index >= 15 is 0 Å². The van der Waals surface area contributed by atoms with E-state index in [1.54, 1.807) is 6.92 Å². The number of nitro groups is 1. The van der Waals surface area contributed by atoms with Gasteiger partial charge < -0.3 is 0 Å². The molecule has 3 nitrogen and oxygen atoms in total. The minimum atomic E-state index is -0.549. The third-order valence-electron chi connectivity index (χ3n) is 1.08. The number of rotatable bonds is 3. The zero-order valence-electron chi connectivity index (χ0n) is 6.38.